The van der Waals surface area contributed by atoms with Gasteiger partial charge >= 0.3 is 0 Å². The van der Waals surface area contributed by atoms with Crippen LogP contribution in [0.15, 0.2) is 41.0 Å². The Morgan fingerprint density at radius 1 is 1.41 bits per heavy atom. The molecule has 0 fully saturated rings. The summed E-state index contributed by atoms with van der Waals surface area (Å²) in [5, 5.41) is 2.90. The first kappa shape index (κ1) is 11.7. The molecular weight excluding hydrogens is 238 g/mol. The molecule has 1 N–H and O–H groups in total. The SMILES string of the molecule is Cc1cccc(CNC(=O)c2ccoc2Cl)c1. The van der Waals surface area contributed by atoms with Crippen molar-refractivity contribution in [3.63, 3.8) is 0 Å². The Hall–Kier alpha value is -1.74. The highest BCUT2D eigenvalue weighted by Crippen LogP contribution is 2.16. The molecule has 2 aromatic rings. The smallest absolute Gasteiger partial charge is 0.256 e. The summed E-state index contributed by atoms with van der Waals surface area (Å²) >= 11 is 5.71. The molecular formula is C13H12ClNO2. The van der Waals surface area contributed by atoms with Gasteiger partial charge in [-0.25, -0.2) is 0 Å². The maximum atomic E-state index is 11.7. The summed E-state index contributed by atoms with van der Waals surface area (Å²) in [6, 6.07) is 9.51. The Kier molecular flexibility index (Phi) is 3.49. The third kappa shape index (κ3) is 2.88. The van der Waals surface area contributed by atoms with Crippen molar-refractivity contribution in [2.45, 2.75) is 13.5 Å². The second-order valence-corrected chi connectivity index (χ2v) is 4.12. The van der Waals surface area contributed by atoms with E-state index in [4.69, 9.17) is 16.0 Å². The lowest BCUT2D eigenvalue weighted by Crippen LogP contribution is -2.22. The molecule has 1 amide bonds. The monoisotopic (exact) mass is 249 g/mol. The van der Waals surface area contributed by atoms with E-state index in [-0.39, 0.29) is 11.1 Å². The molecule has 0 unspecified atom stereocenters. The van der Waals surface area contributed by atoms with Gasteiger partial charge in [0.1, 0.15) is 0 Å². The minimum Gasteiger partial charge on any atom is -0.452 e. The molecule has 0 spiro atoms. The van der Waals surface area contributed by atoms with Crippen molar-refractivity contribution in [2.75, 3.05) is 0 Å². The molecule has 0 atom stereocenters. The fourth-order valence-corrected chi connectivity index (χ4v) is 1.76. The van der Waals surface area contributed by atoms with Gasteiger partial charge in [0.25, 0.3) is 5.91 Å². The molecule has 0 radical (unpaired) electrons. The van der Waals surface area contributed by atoms with Crippen LogP contribution < -0.4 is 5.32 Å². The minimum atomic E-state index is -0.231. The van der Waals surface area contributed by atoms with Gasteiger partial charge in [0.2, 0.25) is 5.22 Å². The van der Waals surface area contributed by atoms with Crippen molar-refractivity contribution in [2.24, 2.45) is 0 Å². The van der Waals surface area contributed by atoms with Crippen molar-refractivity contribution in [1.82, 2.24) is 5.32 Å². The highest BCUT2D eigenvalue weighted by Gasteiger charge is 2.12. The lowest BCUT2D eigenvalue weighted by Gasteiger charge is -2.04. The number of hydrogen-bond donors (Lipinski definition) is 1. The van der Waals surface area contributed by atoms with Gasteiger partial charge in [-0.15, -0.1) is 0 Å². The van der Waals surface area contributed by atoms with E-state index in [9.17, 15) is 4.79 Å². The maximum absolute atomic E-state index is 11.7. The minimum absolute atomic E-state index is 0.117. The topological polar surface area (TPSA) is 42.2 Å². The highest BCUT2D eigenvalue weighted by atomic mass is 35.5. The molecule has 4 heteroatoms. The van der Waals surface area contributed by atoms with Crippen LogP contribution in [-0.4, -0.2) is 5.91 Å². The Bertz CT molecular complexity index is 534. The van der Waals surface area contributed by atoms with Crippen molar-refractivity contribution >= 4 is 17.5 Å². The van der Waals surface area contributed by atoms with Gasteiger partial charge in [0.05, 0.1) is 11.8 Å². The normalized spacial score (nSPS) is 10.2. The molecule has 3 nitrogen and oxygen atoms in total. The number of hydrogen-bond acceptors (Lipinski definition) is 2. The number of furan rings is 1. The molecule has 2 rings (SSSR count). The van der Waals surface area contributed by atoms with E-state index in [1.807, 2.05) is 31.2 Å². The molecule has 1 aromatic carbocycles. The highest BCUT2D eigenvalue weighted by molar-refractivity contribution is 6.32. The van der Waals surface area contributed by atoms with Gasteiger partial charge in [-0.3, -0.25) is 4.79 Å². The van der Waals surface area contributed by atoms with Crippen molar-refractivity contribution < 1.29 is 9.21 Å². The van der Waals surface area contributed by atoms with Crippen LogP contribution in [0.1, 0.15) is 21.5 Å². The molecule has 0 bridgehead atoms. The lowest BCUT2D eigenvalue weighted by molar-refractivity contribution is 0.0950. The second kappa shape index (κ2) is 5.06. The molecule has 17 heavy (non-hydrogen) atoms. The zero-order valence-electron chi connectivity index (χ0n) is 9.37. The Morgan fingerprint density at radius 2 is 2.24 bits per heavy atom. The molecule has 0 saturated carbocycles. The van der Waals surface area contributed by atoms with Gasteiger partial charge in [-0.05, 0) is 30.2 Å². The molecule has 0 aliphatic carbocycles. The van der Waals surface area contributed by atoms with Crippen molar-refractivity contribution in [1.29, 1.82) is 0 Å². The number of amides is 1. The summed E-state index contributed by atoms with van der Waals surface area (Å²) in [6.45, 7) is 2.49. The quantitative estimate of drug-likeness (QED) is 0.908. The third-order valence-corrected chi connectivity index (χ3v) is 2.69. The number of benzene rings is 1. The number of aryl methyl sites for hydroxylation is 1. The number of rotatable bonds is 3. The standard InChI is InChI=1S/C13H12ClNO2/c1-9-3-2-4-10(7-9)8-15-13(16)11-5-6-17-12(11)14/h2-7H,8H2,1H3,(H,15,16). The number of carbonyl (C=O) groups is 1. The van der Waals surface area contributed by atoms with E-state index in [2.05, 4.69) is 5.32 Å². The predicted molar refractivity (Wildman–Crippen MR) is 66.1 cm³/mol. The summed E-state index contributed by atoms with van der Waals surface area (Å²) in [5.74, 6) is -0.231. The summed E-state index contributed by atoms with van der Waals surface area (Å²) in [6.07, 6.45) is 1.39. The maximum Gasteiger partial charge on any atom is 0.256 e. The van der Waals surface area contributed by atoms with E-state index in [0.717, 1.165) is 11.1 Å². The summed E-state index contributed by atoms with van der Waals surface area (Å²) in [5.41, 5.74) is 2.58. The molecule has 0 saturated heterocycles. The zero-order chi connectivity index (χ0) is 12.3. The predicted octanol–water partition coefficient (Wildman–Crippen LogP) is 3.17. The van der Waals surface area contributed by atoms with Gasteiger partial charge in [0.15, 0.2) is 0 Å². The fraction of sp³-hybridized carbons (Fsp3) is 0.154. The first-order valence-electron chi connectivity index (χ1n) is 5.23. The molecule has 1 heterocycles. The zero-order valence-corrected chi connectivity index (χ0v) is 10.1. The van der Waals surface area contributed by atoms with E-state index < -0.39 is 0 Å². The Labute approximate surface area is 104 Å². The van der Waals surface area contributed by atoms with Crippen LogP contribution in [0, 0.1) is 6.92 Å². The number of halogens is 1. The first-order chi connectivity index (χ1) is 8.16. The van der Waals surface area contributed by atoms with E-state index in [1.54, 1.807) is 6.07 Å². The number of nitrogens with one attached hydrogen (secondary N) is 1. The van der Waals surface area contributed by atoms with Crippen LogP contribution in [0.3, 0.4) is 0 Å². The van der Waals surface area contributed by atoms with E-state index >= 15 is 0 Å². The van der Waals surface area contributed by atoms with Crippen LogP contribution in [-0.2, 0) is 6.54 Å². The molecule has 88 valence electrons. The van der Waals surface area contributed by atoms with Gasteiger partial charge in [-0.2, -0.15) is 0 Å². The molecule has 0 aliphatic rings. The molecule has 0 aliphatic heterocycles. The van der Waals surface area contributed by atoms with Gasteiger partial charge < -0.3 is 9.73 Å². The first-order valence-corrected chi connectivity index (χ1v) is 5.61. The van der Waals surface area contributed by atoms with Crippen molar-refractivity contribution in [3.8, 4) is 0 Å². The van der Waals surface area contributed by atoms with E-state index in [1.165, 1.54) is 6.26 Å². The third-order valence-electron chi connectivity index (χ3n) is 2.40. The van der Waals surface area contributed by atoms with E-state index in [0.29, 0.717) is 12.1 Å². The van der Waals surface area contributed by atoms with Crippen LogP contribution in [0.5, 0.6) is 0 Å². The average molecular weight is 250 g/mol. The van der Waals surface area contributed by atoms with Gasteiger partial charge in [0, 0.05) is 6.54 Å². The van der Waals surface area contributed by atoms with Crippen LogP contribution in [0.4, 0.5) is 0 Å². The summed E-state index contributed by atoms with van der Waals surface area (Å²) in [4.78, 5) is 11.7. The van der Waals surface area contributed by atoms with Gasteiger partial charge in [-0.1, -0.05) is 29.8 Å². The summed E-state index contributed by atoms with van der Waals surface area (Å²) < 4.78 is 4.86. The lowest BCUT2D eigenvalue weighted by atomic mass is 10.1. The summed E-state index contributed by atoms with van der Waals surface area (Å²) in [7, 11) is 0. The Balaban J connectivity index is 1.99. The average Bonchev–Trinajstić information content (AvgIpc) is 2.72. The molecule has 1 aromatic heterocycles. The van der Waals surface area contributed by atoms with Crippen LogP contribution in [0.2, 0.25) is 5.22 Å². The largest absolute Gasteiger partial charge is 0.452 e. The number of carbonyl (C=O) groups excluding carboxylic acids is 1. The fourth-order valence-electron chi connectivity index (χ4n) is 1.56. The second-order valence-electron chi connectivity index (χ2n) is 3.78. The van der Waals surface area contributed by atoms with Crippen molar-refractivity contribution in [3.05, 3.63) is 58.5 Å². The van der Waals surface area contributed by atoms with Crippen LogP contribution >= 0.6 is 11.6 Å². The van der Waals surface area contributed by atoms with Crippen LogP contribution in [0.25, 0.3) is 0 Å². The Morgan fingerprint density at radius 3 is 2.88 bits per heavy atom.